The van der Waals surface area contributed by atoms with Gasteiger partial charge in [0.2, 0.25) is 11.8 Å². The first-order valence-corrected chi connectivity index (χ1v) is 7.61. The van der Waals surface area contributed by atoms with E-state index in [0.717, 1.165) is 0 Å². The number of allylic oxidation sites excluding steroid dienone is 1. The van der Waals surface area contributed by atoms with Crippen LogP contribution in [0.1, 0.15) is 29.7 Å². The van der Waals surface area contributed by atoms with Crippen molar-refractivity contribution in [3.8, 4) is 11.9 Å². The first-order chi connectivity index (χ1) is 12.0. The fourth-order valence-electron chi connectivity index (χ4n) is 2.82. The maximum Gasteiger partial charge on any atom is 0.311 e. The largest absolute Gasteiger partial charge is 0.466 e. The molecule has 1 unspecified atom stereocenters. The van der Waals surface area contributed by atoms with Crippen LogP contribution in [0.25, 0.3) is 0 Å². The summed E-state index contributed by atoms with van der Waals surface area (Å²) >= 11 is 0. The van der Waals surface area contributed by atoms with E-state index >= 15 is 0 Å². The van der Waals surface area contributed by atoms with Crippen LogP contribution in [0.3, 0.4) is 0 Å². The number of ether oxygens (including phenoxy) is 2. The predicted molar refractivity (Wildman–Crippen MR) is 84.6 cm³/mol. The summed E-state index contributed by atoms with van der Waals surface area (Å²) < 4.78 is 24.0. The molecule has 1 atom stereocenters. The molecule has 3 N–H and O–H groups in total. The minimum atomic E-state index is -0.687. The summed E-state index contributed by atoms with van der Waals surface area (Å²) in [6, 6.07) is 7.83. The van der Waals surface area contributed by atoms with Crippen LogP contribution in [0.2, 0.25) is 0 Å². The molecule has 0 aliphatic carbocycles. The summed E-state index contributed by atoms with van der Waals surface area (Å²) in [7, 11) is 0. The number of nitriles is 1. The third-order valence-corrected chi connectivity index (χ3v) is 3.83. The molecule has 0 radical (unpaired) electrons. The zero-order chi connectivity index (χ0) is 18.0. The maximum atomic E-state index is 13.7. The molecular weight excluding hydrogens is 327 g/mol. The van der Waals surface area contributed by atoms with Crippen LogP contribution >= 0.6 is 0 Å². The second kappa shape index (κ2) is 6.65. The highest BCUT2D eigenvalue weighted by atomic mass is 19.1. The molecule has 1 aliphatic rings. The Labute approximate surface area is 142 Å². The maximum absolute atomic E-state index is 13.7. The molecule has 2 heterocycles. The van der Waals surface area contributed by atoms with Crippen LogP contribution in [0.15, 0.2) is 35.7 Å². The predicted octanol–water partition coefficient (Wildman–Crippen LogP) is 1.87. The minimum absolute atomic E-state index is 0.0794. The van der Waals surface area contributed by atoms with Crippen molar-refractivity contribution in [2.24, 2.45) is 5.73 Å². The lowest BCUT2D eigenvalue weighted by Crippen LogP contribution is -2.22. The van der Waals surface area contributed by atoms with E-state index in [0.29, 0.717) is 16.8 Å². The number of carbonyl (C=O) groups excluding carboxylic acids is 1. The van der Waals surface area contributed by atoms with Gasteiger partial charge in [-0.3, -0.25) is 9.89 Å². The zero-order valence-corrected chi connectivity index (χ0v) is 13.4. The number of fused-ring (bicyclic) bond motifs is 1. The summed E-state index contributed by atoms with van der Waals surface area (Å²) in [5, 5.41) is 16.2. The molecule has 1 aromatic carbocycles. The summed E-state index contributed by atoms with van der Waals surface area (Å²) in [4.78, 5) is 11.8. The van der Waals surface area contributed by atoms with Gasteiger partial charge in [0.1, 0.15) is 17.5 Å². The van der Waals surface area contributed by atoms with Gasteiger partial charge in [0.05, 0.1) is 30.2 Å². The van der Waals surface area contributed by atoms with Crippen LogP contribution in [0.4, 0.5) is 4.39 Å². The van der Waals surface area contributed by atoms with Gasteiger partial charge in [-0.25, -0.2) is 4.39 Å². The molecular formula is C17H15FN4O3. The standard InChI is InChI=1S/C17H15FN4O3/c1-2-24-13(23)7-12-15-14(9-4-3-5-10(18)6-9)11(8-19)16(20)25-17(15)22-21-12/h3-6,14H,2,7,20H2,1H3,(H,21,22). The van der Waals surface area contributed by atoms with Gasteiger partial charge in [0, 0.05) is 0 Å². The monoisotopic (exact) mass is 342 g/mol. The molecule has 0 saturated carbocycles. The number of aromatic amines is 1. The fraction of sp³-hybridized carbons (Fsp3) is 0.235. The molecule has 0 fully saturated rings. The van der Waals surface area contributed by atoms with Crippen molar-refractivity contribution in [2.75, 3.05) is 6.61 Å². The van der Waals surface area contributed by atoms with Gasteiger partial charge in [0.25, 0.3) is 0 Å². The quantitative estimate of drug-likeness (QED) is 0.820. The van der Waals surface area contributed by atoms with Crippen molar-refractivity contribution in [1.82, 2.24) is 10.2 Å². The highest BCUT2D eigenvalue weighted by Gasteiger charge is 2.35. The highest BCUT2D eigenvalue weighted by molar-refractivity contribution is 5.73. The molecule has 128 valence electrons. The van der Waals surface area contributed by atoms with E-state index in [9.17, 15) is 14.4 Å². The first-order valence-electron chi connectivity index (χ1n) is 7.61. The van der Waals surface area contributed by atoms with Crippen molar-refractivity contribution in [1.29, 1.82) is 5.26 Å². The number of carbonyl (C=O) groups is 1. The number of nitrogens with two attached hydrogens (primary N) is 1. The third-order valence-electron chi connectivity index (χ3n) is 3.83. The van der Waals surface area contributed by atoms with Gasteiger partial charge in [-0.1, -0.05) is 12.1 Å². The van der Waals surface area contributed by atoms with Crippen molar-refractivity contribution in [2.45, 2.75) is 19.3 Å². The zero-order valence-electron chi connectivity index (χ0n) is 13.4. The molecule has 2 aromatic rings. The molecule has 8 heteroatoms. The average Bonchev–Trinajstić information content (AvgIpc) is 2.96. The van der Waals surface area contributed by atoms with E-state index in [1.807, 2.05) is 6.07 Å². The normalized spacial score (nSPS) is 16.0. The Hall–Kier alpha value is -3.34. The lowest BCUT2D eigenvalue weighted by atomic mass is 9.83. The van der Waals surface area contributed by atoms with Gasteiger partial charge in [0.15, 0.2) is 0 Å². The number of halogens is 1. The Balaban J connectivity index is 2.12. The second-order valence-electron chi connectivity index (χ2n) is 5.38. The Bertz CT molecular complexity index is 898. The molecule has 3 rings (SSSR count). The Morgan fingerprint density at radius 1 is 1.56 bits per heavy atom. The number of hydrogen-bond acceptors (Lipinski definition) is 6. The molecule has 1 aromatic heterocycles. The first kappa shape index (κ1) is 16.5. The van der Waals surface area contributed by atoms with Crippen molar-refractivity contribution in [3.05, 3.63) is 58.4 Å². The number of rotatable bonds is 4. The number of benzene rings is 1. The molecule has 1 aliphatic heterocycles. The number of hydrogen-bond donors (Lipinski definition) is 2. The van der Waals surface area contributed by atoms with E-state index in [1.54, 1.807) is 13.0 Å². The van der Waals surface area contributed by atoms with Crippen molar-refractivity contribution in [3.63, 3.8) is 0 Å². The molecule has 25 heavy (non-hydrogen) atoms. The number of H-pyrrole nitrogens is 1. The van der Waals surface area contributed by atoms with Crippen LogP contribution in [0.5, 0.6) is 5.88 Å². The van der Waals surface area contributed by atoms with Gasteiger partial charge in [-0.05, 0) is 24.6 Å². The molecule has 7 nitrogen and oxygen atoms in total. The van der Waals surface area contributed by atoms with Gasteiger partial charge in [-0.15, -0.1) is 5.10 Å². The van der Waals surface area contributed by atoms with E-state index < -0.39 is 17.7 Å². The van der Waals surface area contributed by atoms with Crippen molar-refractivity contribution < 1.29 is 18.7 Å². The molecule has 0 amide bonds. The topological polar surface area (TPSA) is 114 Å². The van der Waals surface area contributed by atoms with E-state index in [4.69, 9.17) is 15.2 Å². The number of nitrogens with one attached hydrogen (secondary N) is 1. The molecule has 0 saturated heterocycles. The average molecular weight is 342 g/mol. The van der Waals surface area contributed by atoms with E-state index in [1.165, 1.54) is 18.2 Å². The Morgan fingerprint density at radius 3 is 3.04 bits per heavy atom. The van der Waals surface area contributed by atoms with Gasteiger partial charge < -0.3 is 15.2 Å². The van der Waals surface area contributed by atoms with Gasteiger partial charge in [-0.2, -0.15) is 5.26 Å². The number of nitrogens with zero attached hydrogens (tertiary/aromatic N) is 2. The van der Waals surface area contributed by atoms with Gasteiger partial charge >= 0.3 is 5.97 Å². The summed E-state index contributed by atoms with van der Waals surface area (Å²) in [5.74, 6) is -1.53. The summed E-state index contributed by atoms with van der Waals surface area (Å²) in [6.45, 7) is 1.95. The lowest BCUT2D eigenvalue weighted by molar-refractivity contribution is -0.142. The molecule has 0 bridgehead atoms. The highest BCUT2D eigenvalue weighted by Crippen LogP contribution is 2.42. The fourth-order valence-corrected chi connectivity index (χ4v) is 2.82. The second-order valence-corrected chi connectivity index (χ2v) is 5.38. The van der Waals surface area contributed by atoms with E-state index in [-0.39, 0.29) is 30.4 Å². The lowest BCUT2D eigenvalue weighted by Gasteiger charge is -2.24. The van der Waals surface area contributed by atoms with Crippen molar-refractivity contribution >= 4 is 5.97 Å². The van der Waals surface area contributed by atoms with Crippen LogP contribution in [0, 0.1) is 17.1 Å². The van der Waals surface area contributed by atoms with Crippen LogP contribution in [-0.4, -0.2) is 22.8 Å². The van der Waals surface area contributed by atoms with Crippen LogP contribution in [-0.2, 0) is 16.0 Å². The minimum Gasteiger partial charge on any atom is -0.466 e. The number of aromatic nitrogens is 2. The third kappa shape index (κ3) is 3.04. The summed E-state index contributed by atoms with van der Waals surface area (Å²) in [6.07, 6.45) is -0.0794. The summed E-state index contributed by atoms with van der Waals surface area (Å²) in [5.41, 5.74) is 7.37. The number of esters is 1. The SMILES string of the molecule is CCOC(=O)Cc1[nH]nc2c1C(c1cccc(F)c1)C(C#N)=C(N)O2. The Morgan fingerprint density at radius 2 is 2.36 bits per heavy atom. The Kier molecular flexibility index (Phi) is 4.39. The molecule has 0 spiro atoms. The smallest absolute Gasteiger partial charge is 0.311 e. The van der Waals surface area contributed by atoms with Crippen LogP contribution < -0.4 is 10.5 Å². The van der Waals surface area contributed by atoms with E-state index in [2.05, 4.69) is 10.2 Å².